The van der Waals surface area contributed by atoms with Crippen LogP contribution >= 0.6 is 0 Å². The van der Waals surface area contributed by atoms with Crippen LogP contribution in [0.3, 0.4) is 0 Å². The molecule has 0 aliphatic carbocycles. The van der Waals surface area contributed by atoms with Crippen molar-refractivity contribution in [2.45, 2.75) is 12.5 Å². The second kappa shape index (κ2) is 8.09. The van der Waals surface area contributed by atoms with E-state index in [-0.39, 0.29) is 18.3 Å². The summed E-state index contributed by atoms with van der Waals surface area (Å²) in [6.07, 6.45) is -0.201. The molecule has 0 saturated heterocycles. The van der Waals surface area contributed by atoms with Crippen LogP contribution in [0.2, 0.25) is 0 Å². The third kappa shape index (κ3) is 5.11. The summed E-state index contributed by atoms with van der Waals surface area (Å²) in [4.78, 5) is 32.1. The molecule has 2 aromatic carbocycles. The lowest BCUT2D eigenvalue weighted by Gasteiger charge is -2.06. The highest BCUT2D eigenvalue weighted by Crippen LogP contribution is 2.12. The number of carbonyl (C=O) groups excluding carboxylic acids is 2. The van der Waals surface area contributed by atoms with Crippen molar-refractivity contribution in [3.8, 4) is 0 Å². The van der Waals surface area contributed by atoms with E-state index in [9.17, 15) is 14.0 Å². The molecule has 0 spiro atoms. The monoisotopic (exact) mass is 368 g/mol. The predicted octanol–water partition coefficient (Wildman–Crippen LogP) is 1.44. The molecule has 9 heteroatoms. The van der Waals surface area contributed by atoms with Crippen molar-refractivity contribution in [3.63, 3.8) is 0 Å². The molecule has 1 aliphatic heterocycles. The molecule has 2 aromatic rings. The van der Waals surface area contributed by atoms with Crippen LogP contribution in [0, 0.1) is 5.82 Å². The topological polar surface area (TPSA) is 121 Å². The Morgan fingerprint density at radius 3 is 2.63 bits per heavy atom. The first-order chi connectivity index (χ1) is 13.0. The highest BCUT2D eigenvalue weighted by molar-refractivity contribution is 6.11. The van der Waals surface area contributed by atoms with Crippen molar-refractivity contribution in [2.24, 2.45) is 15.7 Å². The number of guanidine groups is 2. The van der Waals surface area contributed by atoms with Crippen LogP contribution < -0.4 is 21.7 Å². The molecule has 0 aromatic heterocycles. The molecule has 0 fully saturated rings. The van der Waals surface area contributed by atoms with Gasteiger partial charge >= 0.3 is 0 Å². The molecule has 0 unspecified atom stereocenters. The number of nitrogens with two attached hydrogens (primary N) is 1. The summed E-state index contributed by atoms with van der Waals surface area (Å²) in [5, 5.41) is 7.84. The van der Waals surface area contributed by atoms with Crippen molar-refractivity contribution >= 4 is 35.1 Å². The lowest BCUT2D eigenvalue weighted by Crippen LogP contribution is -2.32. The van der Waals surface area contributed by atoms with E-state index in [4.69, 9.17) is 5.73 Å². The zero-order valence-electron chi connectivity index (χ0n) is 14.1. The van der Waals surface area contributed by atoms with Crippen LogP contribution in [0.25, 0.3) is 0 Å². The molecular formula is C18H17FN6O2. The average molecular weight is 368 g/mol. The molecule has 27 heavy (non-hydrogen) atoms. The van der Waals surface area contributed by atoms with Gasteiger partial charge in [-0.25, -0.2) is 9.38 Å². The van der Waals surface area contributed by atoms with Crippen LogP contribution in [0.1, 0.15) is 6.42 Å². The summed E-state index contributed by atoms with van der Waals surface area (Å²) in [5.41, 5.74) is 6.82. The van der Waals surface area contributed by atoms with E-state index in [1.165, 1.54) is 18.2 Å². The van der Waals surface area contributed by atoms with Crippen molar-refractivity contribution < 1.29 is 14.0 Å². The number of hydrogen-bond acceptors (Lipinski definition) is 4. The van der Waals surface area contributed by atoms with E-state index < -0.39 is 23.7 Å². The maximum Gasteiger partial charge on any atom is 0.252 e. The highest BCUT2D eigenvalue weighted by Gasteiger charge is 2.28. The number of amides is 2. The summed E-state index contributed by atoms with van der Waals surface area (Å²) in [6.45, 7) is 0. The van der Waals surface area contributed by atoms with Gasteiger partial charge in [0.25, 0.3) is 5.91 Å². The molecule has 3 rings (SSSR count). The van der Waals surface area contributed by atoms with Gasteiger partial charge in [0.05, 0.1) is 6.42 Å². The molecule has 5 N–H and O–H groups in total. The van der Waals surface area contributed by atoms with Crippen LogP contribution in [0.15, 0.2) is 64.6 Å². The van der Waals surface area contributed by atoms with Gasteiger partial charge in [-0.2, -0.15) is 4.99 Å². The van der Waals surface area contributed by atoms with Crippen LogP contribution in [0.4, 0.5) is 15.8 Å². The Bertz CT molecular complexity index is 913. The number of benzene rings is 2. The van der Waals surface area contributed by atoms with Crippen molar-refractivity contribution in [1.29, 1.82) is 0 Å². The van der Waals surface area contributed by atoms with Crippen molar-refractivity contribution in [3.05, 3.63) is 60.4 Å². The van der Waals surface area contributed by atoms with Gasteiger partial charge < -0.3 is 16.4 Å². The maximum absolute atomic E-state index is 13.1. The third-order valence-corrected chi connectivity index (χ3v) is 3.58. The number of carbonyl (C=O) groups is 2. The minimum absolute atomic E-state index is 0.0180. The Morgan fingerprint density at radius 2 is 1.89 bits per heavy atom. The smallest absolute Gasteiger partial charge is 0.252 e. The Morgan fingerprint density at radius 1 is 1.15 bits per heavy atom. The lowest BCUT2D eigenvalue weighted by atomic mass is 10.2. The quantitative estimate of drug-likeness (QED) is 0.482. The summed E-state index contributed by atoms with van der Waals surface area (Å²) in [7, 11) is 0. The zero-order chi connectivity index (χ0) is 19.2. The fourth-order valence-electron chi connectivity index (χ4n) is 2.39. The Hall–Kier alpha value is -3.75. The van der Waals surface area contributed by atoms with E-state index in [1.54, 1.807) is 18.2 Å². The van der Waals surface area contributed by atoms with E-state index >= 15 is 0 Å². The SMILES string of the molecule is NC(=NC1=N[C@@H](CC(=O)Nc2cccc(F)c2)C(=O)N1)Nc1ccccc1. The first-order valence-corrected chi connectivity index (χ1v) is 8.10. The summed E-state index contributed by atoms with van der Waals surface area (Å²) in [6, 6.07) is 13.7. The number of nitrogens with zero attached hydrogens (tertiary/aromatic N) is 2. The zero-order valence-corrected chi connectivity index (χ0v) is 14.1. The molecule has 1 heterocycles. The van der Waals surface area contributed by atoms with E-state index in [0.29, 0.717) is 5.69 Å². The van der Waals surface area contributed by atoms with E-state index in [0.717, 1.165) is 5.69 Å². The number of nitrogens with one attached hydrogen (secondary N) is 3. The standard InChI is InChI=1S/C18H17FN6O2/c19-11-5-4-8-13(9-11)21-15(26)10-14-16(27)24-18(23-14)25-17(20)22-12-6-2-1-3-7-12/h1-9,14H,10H2,(H,21,26)(H4,20,22,23,24,25,27)/t14-/m0/s1. The Labute approximate surface area is 154 Å². The Kier molecular flexibility index (Phi) is 5.41. The number of hydrogen-bond donors (Lipinski definition) is 4. The first kappa shape index (κ1) is 18.1. The van der Waals surface area contributed by atoms with Crippen molar-refractivity contribution in [2.75, 3.05) is 10.6 Å². The largest absolute Gasteiger partial charge is 0.369 e. The number of rotatable bonds is 4. The summed E-state index contributed by atoms with van der Waals surface area (Å²) >= 11 is 0. The fourth-order valence-corrected chi connectivity index (χ4v) is 2.39. The second-order valence-corrected chi connectivity index (χ2v) is 5.71. The second-order valence-electron chi connectivity index (χ2n) is 5.71. The summed E-state index contributed by atoms with van der Waals surface area (Å²) < 4.78 is 13.1. The van der Waals surface area contributed by atoms with Gasteiger partial charge in [0.1, 0.15) is 11.9 Å². The van der Waals surface area contributed by atoms with Gasteiger partial charge in [-0.3, -0.25) is 14.9 Å². The number of halogens is 1. The van der Waals surface area contributed by atoms with Gasteiger partial charge in [0.15, 0.2) is 0 Å². The number of aliphatic imine (C=N–C) groups is 2. The summed E-state index contributed by atoms with van der Waals surface area (Å²) in [5.74, 6) is -1.34. The molecule has 1 atom stereocenters. The van der Waals surface area contributed by atoms with Crippen molar-refractivity contribution in [1.82, 2.24) is 5.32 Å². The van der Waals surface area contributed by atoms with Gasteiger partial charge in [0, 0.05) is 11.4 Å². The minimum Gasteiger partial charge on any atom is -0.369 e. The van der Waals surface area contributed by atoms with Gasteiger partial charge in [-0.1, -0.05) is 24.3 Å². The predicted molar refractivity (Wildman–Crippen MR) is 101 cm³/mol. The molecule has 138 valence electrons. The molecule has 0 radical (unpaired) electrons. The minimum atomic E-state index is -0.929. The van der Waals surface area contributed by atoms with E-state index in [1.807, 2.05) is 18.2 Å². The first-order valence-electron chi connectivity index (χ1n) is 8.10. The lowest BCUT2D eigenvalue weighted by molar-refractivity contribution is -0.123. The van der Waals surface area contributed by atoms with Crippen LogP contribution in [-0.4, -0.2) is 29.8 Å². The Balaban J connectivity index is 1.60. The normalized spacial score (nSPS) is 16.5. The molecule has 0 bridgehead atoms. The number of anilines is 2. The molecule has 2 amide bonds. The molecule has 1 aliphatic rings. The van der Waals surface area contributed by atoms with E-state index in [2.05, 4.69) is 25.9 Å². The van der Waals surface area contributed by atoms with Gasteiger partial charge in [-0.05, 0) is 30.3 Å². The average Bonchev–Trinajstić information content (AvgIpc) is 2.94. The molecule has 8 nitrogen and oxygen atoms in total. The molecular weight excluding hydrogens is 351 g/mol. The highest BCUT2D eigenvalue weighted by atomic mass is 19.1. The maximum atomic E-state index is 13.1. The fraction of sp³-hybridized carbons (Fsp3) is 0.111. The van der Waals surface area contributed by atoms with Gasteiger partial charge in [-0.15, -0.1) is 0 Å². The molecule has 0 saturated carbocycles. The van der Waals surface area contributed by atoms with Gasteiger partial charge in [0.2, 0.25) is 17.8 Å². The third-order valence-electron chi connectivity index (χ3n) is 3.58. The van der Waals surface area contributed by atoms with Crippen LogP contribution in [0.5, 0.6) is 0 Å². The van der Waals surface area contributed by atoms with Crippen LogP contribution in [-0.2, 0) is 9.59 Å². The number of para-hydroxylation sites is 1.